The lowest BCUT2D eigenvalue weighted by atomic mass is 10.1. The number of carbonyl (C=O) groups excluding carboxylic acids is 2. The predicted octanol–water partition coefficient (Wildman–Crippen LogP) is 4.39. The Labute approximate surface area is 192 Å². The molecule has 33 heavy (non-hydrogen) atoms. The van der Waals surface area contributed by atoms with Gasteiger partial charge in [0.1, 0.15) is 5.75 Å². The smallest absolute Gasteiger partial charge is 0.337 e. The minimum atomic E-state index is -4.02. The lowest BCUT2D eigenvalue weighted by Gasteiger charge is -2.12. The monoisotopic (exact) mass is 471 g/mol. The van der Waals surface area contributed by atoms with Crippen LogP contribution in [0.4, 0.5) is 5.69 Å². The fourth-order valence-corrected chi connectivity index (χ4v) is 4.24. The Morgan fingerprint density at radius 2 is 1.45 bits per heavy atom. The second kappa shape index (κ2) is 10.4. The van der Waals surface area contributed by atoms with Gasteiger partial charge in [0.25, 0.3) is 10.0 Å². The molecule has 0 spiro atoms. The van der Waals surface area contributed by atoms with Gasteiger partial charge >= 0.3 is 11.9 Å². The first-order valence-corrected chi connectivity index (χ1v) is 11.8. The molecule has 1 N–H and O–H groups in total. The molecule has 0 aromatic heterocycles. The SMILES string of the molecule is CCCCOc1ccc2cc(S(=O)(=O)Nc3cc(C(=O)OC)cc(C(=O)OC)c3)ccc2c1. The molecule has 0 amide bonds. The molecule has 0 heterocycles. The largest absolute Gasteiger partial charge is 0.494 e. The summed E-state index contributed by atoms with van der Waals surface area (Å²) in [5.41, 5.74) is 0.0393. The molecule has 0 aliphatic carbocycles. The minimum Gasteiger partial charge on any atom is -0.494 e. The summed E-state index contributed by atoms with van der Waals surface area (Å²) >= 11 is 0. The first-order chi connectivity index (χ1) is 15.8. The van der Waals surface area contributed by atoms with Gasteiger partial charge in [0.15, 0.2) is 0 Å². The van der Waals surface area contributed by atoms with Gasteiger partial charge in [-0.25, -0.2) is 18.0 Å². The minimum absolute atomic E-state index is 0.00668. The number of methoxy groups -OCH3 is 2. The fraction of sp³-hybridized carbons (Fsp3) is 0.250. The first kappa shape index (κ1) is 24.1. The molecule has 3 aromatic rings. The Morgan fingerprint density at radius 3 is 2.06 bits per heavy atom. The lowest BCUT2D eigenvalue weighted by molar-refractivity contribution is 0.0599. The Balaban J connectivity index is 1.91. The van der Waals surface area contributed by atoms with Gasteiger partial charge in [0.05, 0.1) is 42.5 Å². The van der Waals surface area contributed by atoms with Crippen LogP contribution in [0.25, 0.3) is 10.8 Å². The zero-order valence-corrected chi connectivity index (χ0v) is 19.4. The van der Waals surface area contributed by atoms with Gasteiger partial charge in [-0.1, -0.05) is 25.5 Å². The molecule has 3 rings (SSSR count). The number of anilines is 1. The highest BCUT2D eigenvalue weighted by Gasteiger charge is 2.19. The van der Waals surface area contributed by atoms with Crippen LogP contribution in [0.2, 0.25) is 0 Å². The fourth-order valence-electron chi connectivity index (χ4n) is 3.17. The summed E-state index contributed by atoms with van der Waals surface area (Å²) in [6.07, 6.45) is 1.99. The molecule has 0 aliphatic rings. The van der Waals surface area contributed by atoms with E-state index < -0.39 is 22.0 Å². The highest BCUT2D eigenvalue weighted by molar-refractivity contribution is 7.92. The van der Waals surface area contributed by atoms with Crippen LogP contribution in [0.3, 0.4) is 0 Å². The summed E-state index contributed by atoms with van der Waals surface area (Å²) in [6, 6.07) is 14.0. The van der Waals surface area contributed by atoms with Gasteiger partial charge in [0.2, 0.25) is 0 Å². The maximum absolute atomic E-state index is 13.0. The Kier molecular flexibility index (Phi) is 7.55. The average Bonchev–Trinajstić information content (AvgIpc) is 2.82. The summed E-state index contributed by atoms with van der Waals surface area (Å²) in [5, 5.41) is 1.56. The Bertz CT molecular complexity index is 1250. The number of carbonyl (C=O) groups is 2. The molecule has 0 unspecified atom stereocenters. The second-order valence-electron chi connectivity index (χ2n) is 7.26. The summed E-state index contributed by atoms with van der Waals surface area (Å²) in [4.78, 5) is 23.9. The molecule has 0 radical (unpaired) electrons. The van der Waals surface area contributed by atoms with Crippen molar-refractivity contribution in [2.75, 3.05) is 25.5 Å². The third kappa shape index (κ3) is 5.81. The van der Waals surface area contributed by atoms with E-state index in [2.05, 4.69) is 21.1 Å². The van der Waals surface area contributed by atoms with E-state index in [0.29, 0.717) is 6.61 Å². The topological polar surface area (TPSA) is 108 Å². The lowest BCUT2D eigenvalue weighted by Crippen LogP contribution is -2.15. The molecule has 0 saturated heterocycles. The number of rotatable bonds is 9. The van der Waals surface area contributed by atoms with E-state index in [1.165, 1.54) is 38.5 Å². The molecule has 174 valence electrons. The Hall–Kier alpha value is -3.59. The molecule has 0 fully saturated rings. The number of fused-ring (bicyclic) bond motifs is 1. The molecular formula is C24H25NO7S. The summed E-state index contributed by atoms with van der Waals surface area (Å²) in [7, 11) is -1.64. The summed E-state index contributed by atoms with van der Waals surface area (Å²) in [5.74, 6) is -0.715. The average molecular weight is 472 g/mol. The van der Waals surface area contributed by atoms with E-state index in [-0.39, 0.29) is 21.7 Å². The zero-order valence-electron chi connectivity index (χ0n) is 18.6. The van der Waals surface area contributed by atoms with Crippen molar-refractivity contribution in [1.82, 2.24) is 0 Å². The van der Waals surface area contributed by atoms with Crippen LogP contribution in [0.15, 0.2) is 59.5 Å². The molecule has 8 nitrogen and oxygen atoms in total. The van der Waals surface area contributed by atoms with Crippen LogP contribution in [0, 0.1) is 0 Å². The molecule has 0 bridgehead atoms. The van der Waals surface area contributed by atoms with Crippen LogP contribution in [-0.2, 0) is 19.5 Å². The number of hydrogen-bond donors (Lipinski definition) is 1. The number of unbranched alkanes of at least 4 members (excludes halogenated alkanes) is 1. The third-order valence-corrected chi connectivity index (χ3v) is 6.27. The van der Waals surface area contributed by atoms with Crippen molar-refractivity contribution >= 4 is 38.4 Å². The van der Waals surface area contributed by atoms with Gasteiger partial charge in [-0.2, -0.15) is 0 Å². The standard InChI is InChI=1S/C24H25NO7S/c1-4-5-10-32-21-8-6-17-15-22(9-7-16(17)14-21)33(28,29)25-20-12-18(23(26)30-2)11-19(13-20)24(27)31-3/h6-9,11-15,25H,4-5,10H2,1-3H3. The van der Waals surface area contributed by atoms with Crippen molar-refractivity contribution in [2.45, 2.75) is 24.7 Å². The molecule has 3 aromatic carbocycles. The number of sulfonamides is 1. The number of benzene rings is 3. The quantitative estimate of drug-likeness (QED) is 0.364. The van der Waals surface area contributed by atoms with Crippen molar-refractivity contribution in [1.29, 1.82) is 0 Å². The molecular weight excluding hydrogens is 446 g/mol. The van der Waals surface area contributed by atoms with Crippen molar-refractivity contribution in [2.24, 2.45) is 0 Å². The van der Waals surface area contributed by atoms with Crippen molar-refractivity contribution in [3.05, 3.63) is 65.7 Å². The van der Waals surface area contributed by atoms with E-state index in [1.807, 2.05) is 6.07 Å². The maximum atomic E-state index is 13.0. The normalized spacial score (nSPS) is 11.1. The maximum Gasteiger partial charge on any atom is 0.337 e. The number of nitrogens with one attached hydrogen (secondary N) is 1. The highest BCUT2D eigenvalue weighted by Crippen LogP contribution is 2.26. The van der Waals surface area contributed by atoms with Gasteiger partial charge in [-0.05, 0) is 59.7 Å². The number of esters is 2. The van der Waals surface area contributed by atoms with Crippen LogP contribution in [-0.4, -0.2) is 41.2 Å². The van der Waals surface area contributed by atoms with Crippen LogP contribution < -0.4 is 9.46 Å². The second-order valence-corrected chi connectivity index (χ2v) is 8.94. The van der Waals surface area contributed by atoms with E-state index in [9.17, 15) is 18.0 Å². The van der Waals surface area contributed by atoms with E-state index in [1.54, 1.807) is 24.3 Å². The third-order valence-electron chi connectivity index (χ3n) is 4.89. The van der Waals surface area contributed by atoms with E-state index in [4.69, 9.17) is 4.74 Å². The van der Waals surface area contributed by atoms with Crippen molar-refractivity contribution < 1.29 is 32.2 Å². The highest BCUT2D eigenvalue weighted by atomic mass is 32.2. The first-order valence-electron chi connectivity index (χ1n) is 10.3. The number of ether oxygens (including phenoxy) is 3. The molecule has 0 saturated carbocycles. The van der Waals surface area contributed by atoms with Gasteiger partial charge in [-0.15, -0.1) is 0 Å². The number of hydrogen-bond acceptors (Lipinski definition) is 7. The van der Waals surface area contributed by atoms with Gasteiger partial charge < -0.3 is 14.2 Å². The van der Waals surface area contributed by atoms with Crippen molar-refractivity contribution in [3.63, 3.8) is 0 Å². The van der Waals surface area contributed by atoms with Gasteiger partial charge in [-0.3, -0.25) is 4.72 Å². The summed E-state index contributed by atoms with van der Waals surface area (Å²) < 4.78 is 43.5. The molecule has 0 atom stereocenters. The molecule has 9 heteroatoms. The van der Waals surface area contributed by atoms with Gasteiger partial charge in [0, 0.05) is 0 Å². The molecule has 0 aliphatic heterocycles. The predicted molar refractivity (Wildman–Crippen MR) is 124 cm³/mol. The van der Waals surface area contributed by atoms with E-state index >= 15 is 0 Å². The van der Waals surface area contributed by atoms with Crippen LogP contribution >= 0.6 is 0 Å². The van der Waals surface area contributed by atoms with E-state index in [0.717, 1.165) is 29.4 Å². The van der Waals surface area contributed by atoms with Crippen LogP contribution in [0.1, 0.15) is 40.5 Å². The summed E-state index contributed by atoms with van der Waals surface area (Å²) in [6.45, 7) is 2.71. The Morgan fingerprint density at radius 1 is 0.848 bits per heavy atom. The van der Waals surface area contributed by atoms with Crippen LogP contribution in [0.5, 0.6) is 5.75 Å². The zero-order chi connectivity index (χ0) is 24.0. The van der Waals surface area contributed by atoms with Crippen molar-refractivity contribution in [3.8, 4) is 5.75 Å².